The highest BCUT2D eigenvalue weighted by Crippen LogP contribution is 2.21. The fourth-order valence-corrected chi connectivity index (χ4v) is 2.04. The molecule has 0 aliphatic carbocycles. The Morgan fingerprint density at radius 3 is 2.36 bits per heavy atom. The van der Waals surface area contributed by atoms with Crippen molar-refractivity contribution in [1.29, 1.82) is 0 Å². The summed E-state index contributed by atoms with van der Waals surface area (Å²) >= 11 is 0. The summed E-state index contributed by atoms with van der Waals surface area (Å²) in [5, 5.41) is 4.84. The molecule has 1 rings (SSSR count). The highest BCUT2D eigenvalue weighted by molar-refractivity contribution is 5.78. The smallest absolute Gasteiger partial charge is 0.237 e. The van der Waals surface area contributed by atoms with Crippen molar-refractivity contribution in [3.8, 4) is 0 Å². The Balaban J connectivity index is 2.63. The normalized spacial score (nSPS) is 20.5. The maximum Gasteiger partial charge on any atom is 0.237 e. The predicted octanol–water partition coefficient (Wildman–Crippen LogP) is 3.10. The number of hydroxylamine groups is 2. The Kier molecular flexibility index (Phi) is 6.84. The van der Waals surface area contributed by atoms with Crippen LogP contribution in [0.4, 0.5) is 0 Å². The molecule has 1 heterocycles. The summed E-state index contributed by atoms with van der Waals surface area (Å²) in [6, 6.07) is 0. The third-order valence-electron chi connectivity index (χ3n) is 4.32. The zero-order valence-electron chi connectivity index (χ0n) is 15.4. The number of hydrogen-bond acceptors (Lipinski definition) is 4. The second kappa shape index (κ2) is 7.75. The highest BCUT2D eigenvalue weighted by atomic mass is 16.8. The van der Waals surface area contributed by atoms with Gasteiger partial charge in [-0.1, -0.05) is 13.8 Å². The van der Waals surface area contributed by atoms with Crippen LogP contribution in [0.2, 0.25) is 0 Å². The van der Waals surface area contributed by atoms with E-state index in [0.29, 0.717) is 5.92 Å². The van der Waals surface area contributed by atoms with E-state index in [1.54, 1.807) is 5.06 Å². The quantitative estimate of drug-likeness (QED) is 0.765. The first-order valence-electron chi connectivity index (χ1n) is 8.39. The molecule has 130 valence electrons. The summed E-state index contributed by atoms with van der Waals surface area (Å²) in [7, 11) is 0. The first-order chi connectivity index (χ1) is 10.0. The van der Waals surface area contributed by atoms with Gasteiger partial charge in [-0.3, -0.25) is 9.63 Å². The van der Waals surface area contributed by atoms with Crippen molar-refractivity contribution in [3.63, 3.8) is 0 Å². The van der Waals surface area contributed by atoms with Gasteiger partial charge in [0.25, 0.3) is 0 Å². The Hall–Kier alpha value is -0.650. The summed E-state index contributed by atoms with van der Waals surface area (Å²) < 4.78 is 5.63. The van der Waals surface area contributed by atoms with Crippen molar-refractivity contribution in [1.82, 2.24) is 10.4 Å². The fraction of sp³-hybridized carbons (Fsp3) is 0.941. The molecule has 0 aromatic heterocycles. The summed E-state index contributed by atoms with van der Waals surface area (Å²) in [4.78, 5) is 18.3. The number of amides is 1. The molecule has 0 saturated carbocycles. The minimum absolute atomic E-state index is 0.0237. The third-order valence-corrected chi connectivity index (χ3v) is 4.32. The van der Waals surface area contributed by atoms with Crippen LogP contribution in [0.25, 0.3) is 0 Å². The number of hydrogen-bond donors (Lipinski definition) is 1. The van der Waals surface area contributed by atoms with Crippen LogP contribution in [-0.2, 0) is 14.4 Å². The van der Waals surface area contributed by atoms with Crippen LogP contribution in [0.5, 0.6) is 0 Å². The molecule has 1 unspecified atom stereocenters. The number of ether oxygens (including phenoxy) is 1. The molecular weight excluding hydrogens is 280 g/mol. The van der Waals surface area contributed by atoms with Gasteiger partial charge in [0, 0.05) is 24.1 Å². The average Bonchev–Trinajstić information content (AvgIpc) is 2.37. The predicted molar refractivity (Wildman–Crippen MR) is 88.2 cm³/mol. The molecule has 1 saturated heterocycles. The van der Waals surface area contributed by atoms with Gasteiger partial charge < -0.3 is 10.1 Å². The van der Waals surface area contributed by atoms with E-state index in [4.69, 9.17) is 9.57 Å². The van der Waals surface area contributed by atoms with Crippen LogP contribution in [0, 0.1) is 5.92 Å². The topological polar surface area (TPSA) is 50.8 Å². The van der Waals surface area contributed by atoms with Gasteiger partial charge in [0.1, 0.15) is 6.54 Å². The first kappa shape index (κ1) is 19.4. The molecule has 0 radical (unpaired) electrons. The van der Waals surface area contributed by atoms with E-state index < -0.39 is 0 Å². The second-order valence-electron chi connectivity index (χ2n) is 8.03. The molecular formula is C17H34N2O3. The lowest BCUT2D eigenvalue weighted by Crippen LogP contribution is -2.54. The van der Waals surface area contributed by atoms with E-state index in [9.17, 15) is 4.79 Å². The molecule has 1 aliphatic heterocycles. The average molecular weight is 314 g/mol. The largest absolute Gasteiger partial charge is 0.351 e. The van der Waals surface area contributed by atoms with Gasteiger partial charge in [0.15, 0.2) is 6.29 Å². The van der Waals surface area contributed by atoms with Crippen molar-refractivity contribution in [2.45, 2.75) is 85.1 Å². The van der Waals surface area contributed by atoms with Gasteiger partial charge >= 0.3 is 0 Å². The zero-order chi connectivity index (χ0) is 17.0. The van der Waals surface area contributed by atoms with Crippen molar-refractivity contribution in [2.75, 3.05) is 13.2 Å². The van der Waals surface area contributed by atoms with Gasteiger partial charge in [-0.05, 0) is 53.4 Å². The van der Waals surface area contributed by atoms with Crippen LogP contribution in [-0.4, -0.2) is 41.5 Å². The number of carbonyl (C=O) groups excluding carboxylic acids is 1. The number of nitrogens with zero attached hydrogens (tertiary/aromatic N) is 1. The van der Waals surface area contributed by atoms with E-state index in [0.717, 1.165) is 25.9 Å². The summed E-state index contributed by atoms with van der Waals surface area (Å²) in [5.74, 6) is 0.339. The van der Waals surface area contributed by atoms with E-state index in [-0.39, 0.29) is 29.8 Å². The lowest BCUT2D eigenvalue weighted by molar-refractivity contribution is -0.313. The lowest BCUT2D eigenvalue weighted by atomic mass is 9.91. The van der Waals surface area contributed by atoms with Gasteiger partial charge in [-0.2, -0.15) is 5.06 Å². The molecule has 1 amide bonds. The van der Waals surface area contributed by atoms with Crippen LogP contribution in [0.3, 0.4) is 0 Å². The van der Waals surface area contributed by atoms with Gasteiger partial charge in [-0.25, -0.2) is 0 Å². The molecule has 0 bridgehead atoms. The van der Waals surface area contributed by atoms with Gasteiger partial charge in [0.05, 0.1) is 0 Å². The van der Waals surface area contributed by atoms with Crippen LogP contribution in [0.15, 0.2) is 0 Å². The van der Waals surface area contributed by atoms with Crippen molar-refractivity contribution < 1.29 is 14.4 Å². The SMILES string of the molecule is CC(C)C(C)(C)NC(=O)CN(OC1CCCCO1)C(C)(C)C. The van der Waals surface area contributed by atoms with Crippen molar-refractivity contribution in [3.05, 3.63) is 0 Å². The molecule has 1 atom stereocenters. The van der Waals surface area contributed by atoms with E-state index in [1.807, 2.05) is 34.6 Å². The maximum atomic E-state index is 12.4. The van der Waals surface area contributed by atoms with Gasteiger partial charge in [0.2, 0.25) is 5.91 Å². The molecule has 1 fully saturated rings. The molecule has 0 aromatic carbocycles. The summed E-state index contributed by atoms with van der Waals surface area (Å²) in [6.07, 6.45) is 2.83. The number of nitrogens with one attached hydrogen (secondary N) is 1. The summed E-state index contributed by atoms with van der Waals surface area (Å²) in [5.41, 5.74) is -0.498. The third kappa shape index (κ3) is 6.23. The van der Waals surface area contributed by atoms with Crippen LogP contribution in [0.1, 0.15) is 67.7 Å². The Labute approximate surface area is 135 Å². The molecule has 5 nitrogen and oxygen atoms in total. The highest BCUT2D eigenvalue weighted by Gasteiger charge is 2.31. The fourth-order valence-electron chi connectivity index (χ4n) is 2.04. The Morgan fingerprint density at radius 1 is 1.27 bits per heavy atom. The zero-order valence-corrected chi connectivity index (χ0v) is 15.4. The summed E-state index contributed by atoms with van der Waals surface area (Å²) in [6.45, 7) is 15.4. The Bertz CT molecular complexity index is 355. The van der Waals surface area contributed by atoms with E-state index in [2.05, 4.69) is 19.2 Å². The Morgan fingerprint density at radius 2 is 1.91 bits per heavy atom. The molecule has 5 heteroatoms. The lowest BCUT2D eigenvalue weighted by Gasteiger charge is -2.38. The second-order valence-corrected chi connectivity index (χ2v) is 8.03. The molecule has 1 aliphatic rings. The van der Waals surface area contributed by atoms with Crippen LogP contribution >= 0.6 is 0 Å². The number of carbonyl (C=O) groups is 1. The van der Waals surface area contributed by atoms with Gasteiger partial charge in [-0.15, -0.1) is 0 Å². The molecule has 22 heavy (non-hydrogen) atoms. The van der Waals surface area contributed by atoms with Crippen molar-refractivity contribution >= 4 is 5.91 Å². The standard InChI is InChI=1S/C17H34N2O3/c1-13(2)17(6,7)18-14(20)12-19(16(3,4)5)22-15-10-8-9-11-21-15/h13,15H,8-12H2,1-7H3,(H,18,20). The molecule has 0 spiro atoms. The van der Waals surface area contributed by atoms with Crippen molar-refractivity contribution in [2.24, 2.45) is 5.92 Å². The van der Waals surface area contributed by atoms with E-state index in [1.165, 1.54) is 0 Å². The molecule has 1 N–H and O–H groups in total. The number of rotatable bonds is 6. The minimum Gasteiger partial charge on any atom is -0.351 e. The van der Waals surface area contributed by atoms with Crippen LogP contribution < -0.4 is 5.32 Å². The molecule has 0 aromatic rings. The minimum atomic E-state index is -0.264. The monoisotopic (exact) mass is 314 g/mol. The van der Waals surface area contributed by atoms with E-state index >= 15 is 0 Å². The first-order valence-corrected chi connectivity index (χ1v) is 8.39. The maximum absolute atomic E-state index is 12.4.